The summed E-state index contributed by atoms with van der Waals surface area (Å²) >= 11 is 0. The van der Waals surface area contributed by atoms with Crippen LogP contribution in [-0.4, -0.2) is 0 Å². The Morgan fingerprint density at radius 1 is 0.286 bits per heavy atom. The van der Waals surface area contributed by atoms with Gasteiger partial charge in [-0.05, 0) is 101 Å². The molecular formula is C42H28. The van der Waals surface area contributed by atoms with E-state index >= 15 is 0 Å². The van der Waals surface area contributed by atoms with Crippen LogP contribution in [0.5, 0.6) is 0 Å². The maximum absolute atomic E-state index is 2.33. The quantitative estimate of drug-likeness (QED) is 0.156. The maximum atomic E-state index is 2.33. The van der Waals surface area contributed by atoms with Crippen molar-refractivity contribution in [3.63, 3.8) is 0 Å². The van der Waals surface area contributed by atoms with Gasteiger partial charge in [0.1, 0.15) is 0 Å². The second-order valence-corrected chi connectivity index (χ2v) is 11.0. The number of rotatable bonds is 4. The van der Waals surface area contributed by atoms with E-state index in [1.807, 2.05) is 0 Å². The Morgan fingerprint density at radius 3 is 1.12 bits per heavy atom. The summed E-state index contributed by atoms with van der Waals surface area (Å²) in [5.41, 5.74) is 7.37. The van der Waals surface area contributed by atoms with Crippen LogP contribution in [-0.2, 0) is 0 Å². The first-order valence-electron chi connectivity index (χ1n) is 14.5. The molecule has 0 fully saturated rings. The highest BCUT2D eigenvalue weighted by Gasteiger charge is 2.10. The minimum Gasteiger partial charge on any atom is -0.0616 e. The summed E-state index contributed by atoms with van der Waals surface area (Å²) in [5, 5.41) is 10.3. The van der Waals surface area contributed by atoms with Crippen molar-refractivity contribution in [1.29, 1.82) is 0 Å². The first-order chi connectivity index (χ1) is 20.8. The van der Waals surface area contributed by atoms with Crippen LogP contribution in [0.3, 0.4) is 0 Å². The summed E-state index contributed by atoms with van der Waals surface area (Å²) in [6.45, 7) is 0. The van der Waals surface area contributed by atoms with Crippen LogP contribution >= 0.6 is 0 Å². The van der Waals surface area contributed by atoms with Crippen molar-refractivity contribution in [2.75, 3.05) is 0 Å². The van der Waals surface area contributed by atoms with E-state index in [0.717, 1.165) is 0 Å². The second-order valence-electron chi connectivity index (χ2n) is 11.0. The monoisotopic (exact) mass is 532 g/mol. The van der Waals surface area contributed by atoms with Crippen LogP contribution in [0.4, 0.5) is 0 Å². The van der Waals surface area contributed by atoms with Crippen molar-refractivity contribution >= 4 is 55.2 Å². The average Bonchev–Trinajstić information content (AvgIpc) is 3.07. The lowest BCUT2D eigenvalue weighted by Crippen LogP contribution is -1.86. The normalized spacial score (nSPS) is 11.7. The molecule has 0 saturated heterocycles. The largest absolute Gasteiger partial charge is 0.0616 e. The molecule has 0 aliphatic heterocycles. The standard InChI is InChI=1S/C42H28/c1-3-17-35-33(13-1)27-41(39-21-7-5-19-37(35)39)31-15-9-11-29(25-31)23-24-30-12-10-16-32(26-30)42-28-34-14-2-4-18-36(34)38-20-6-8-22-40(38)42/h1-28H/b24-23+. The molecule has 0 spiro atoms. The third-order valence-electron chi connectivity index (χ3n) is 8.40. The third-order valence-corrected chi connectivity index (χ3v) is 8.40. The summed E-state index contributed by atoms with van der Waals surface area (Å²) in [6.07, 6.45) is 4.45. The Kier molecular flexibility index (Phi) is 5.90. The molecule has 0 heterocycles. The van der Waals surface area contributed by atoms with Crippen LogP contribution < -0.4 is 0 Å². The molecule has 0 bridgehead atoms. The Hall–Kier alpha value is -5.46. The number of fused-ring (bicyclic) bond motifs is 6. The molecule has 0 heteroatoms. The van der Waals surface area contributed by atoms with E-state index in [9.17, 15) is 0 Å². The zero-order valence-electron chi connectivity index (χ0n) is 23.2. The lowest BCUT2D eigenvalue weighted by molar-refractivity contribution is 1.62. The van der Waals surface area contributed by atoms with E-state index in [1.54, 1.807) is 0 Å². The fourth-order valence-electron chi connectivity index (χ4n) is 6.40. The van der Waals surface area contributed by atoms with Gasteiger partial charge in [-0.25, -0.2) is 0 Å². The van der Waals surface area contributed by atoms with Crippen molar-refractivity contribution in [3.05, 3.63) is 169 Å². The van der Waals surface area contributed by atoms with E-state index in [0.29, 0.717) is 0 Å². The topological polar surface area (TPSA) is 0 Å². The lowest BCUT2D eigenvalue weighted by Gasteiger charge is -2.12. The Bertz CT molecular complexity index is 2140. The fourth-order valence-corrected chi connectivity index (χ4v) is 6.40. The van der Waals surface area contributed by atoms with Gasteiger partial charge in [0.05, 0.1) is 0 Å². The molecule has 0 aromatic heterocycles. The molecule has 0 saturated carbocycles. The van der Waals surface area contributed by atoms with E-state index < -0.39 is 0 Å². The molecule has 0 atom stereocenters. The zero-order valence-corrected chi connectivity index (χ0v) is 23.2. The number of hydrogen-bond acceptors (Lipinski definition) is 0. The molecule has 0 unspecified atom stereocenters. The van der Waals surface area contributed by atoms with E-state index in [1.165, 1.54) is 76.5 Å². The average molecular weight is 533 g/mol. The summed E-state index contributed by atoms with van der Waals surface area (Å²) < 4.78 is 0. The minimum atomic E-state index is 1.19. The zero-order chi connectivity index (χ0) is 27.9. The van der Waals surface area contributed by atoms with Crippen LogP contribution in [0, 0.1) is 0 Å². The fraction of sp³-hybridized carbons (Fsp3) is 0. The molecule has 8 aromatic carbocycles. The Labute approximate surface area is 245 Å². The van der Waals surface area contributed by atoms with E-state index in [-0.39, 0.29) is 0 Å². The molecule has 0 aliphatic rings. The molecule has 0 amide bonds. The van der Waals surface area contributed by atoms with Crippen molar-refractivity contribution in [2.24, 2.45) is 0 Å². The SMILES string of the molecule is C(=C\c1cccc(-c2cc3ccccc3c3ccccc23)c1)/c1cccc(-c2cc3ccccc3c3ccccc23)c1. The molecule has 0 radical (unpaired) electrons. The summed E-state index contributed by atoms with van der Waals surface area (Å²) in [5.74, 6) is 0. The summed E-state index contributed by atoms with van der Waals surface area (Å²) in [6, 6.07) is 57.2. The molecule has 0 aliphatic carbocycles. The Morgan fingerprint density at radius 2 is 0.667 bits per heavy atom. The van der Waals surface area contributed by atoms with Crippen LogP contribution in [0.25, 0.3) is 77.5 Å². The predicted octanol–water partition coefficient (Wildman–Crippen LogP) is 11.8. The van der Waals surface area contributed by atoms with Gasteiger partial charge >= 0.3 is 0 Å². The first-order valence-corrected chi connectivity index (χ1v) is 14.5. The third kappa shape index (κ3) is 4.26. The van der Waals surface area contributed by atoms with Gasteiger partial charge in [-0.3, -0.25) is 0 Å². The van der Waals surface area contributed by atoms with Gasteiger partial charge in [0.15, 0.2) is 0 Å². The van der Waals surface area contributed by atoms with Crippen molar-refractivity contribution < 1.29 is 0 Å². The van der Waals surface area contributed by atoms with Gasteiger partial charge in [-0.15, -0.1) is 0 Å². The first kappa shape index (κ1) is 24.3. The summed E-state index contributed by atoms with van der Waals surface area (Å²) in [4.78, 5) is 0. The smallest absolute Gasteiger partial charge is 0.00988 e. The molecule has 8 rings (SSSR count). The lowest BCUT2D eigenvalue weighted by atomic mass is 9.92. The van der Waals surface area contributed by atoms with Crippen LogP contribution in [0.15, 0.2) is 158 Å². The minimum absolute atomic E-state index is 1.19. The molecule has 196 valence electrons. The van der Waals surface area contributed by atoms with Gasteiger partial charge < -0.3 is 0 Å². The highest BCUT2D eigenvalue weighted by atomic mass is 14.1. The van der Waals surface area contributed by atoms with Gasteiger partial charge in [-0.2, -0.15) is 0 Å². The van der Waals surface area contributed by atoms with E-state index in [2.05, 4.69) is 170 Å². The van der Waals surface area contributed by atoms with Crippen molar-refractivity contribution in [3.8, 4) is 22.3 Å². The predicted molar refractivity (Wildman–Crippen MR) is 183 cm³/mol. The molecule has 8 aromatic rings. The van der Waals surface area contributed by atoms with Crippen LogP contribution in [0.2, 0.25) is 0 Å². The van der Waals surface area contributed by atoms with Gasteiger partial charge in [0.25, 0.3) is 0 Å². The highest BCUT2D eigenvalue weighted by molar-refractivity contribution is 6.15. The number of benzene rings is 8. The number of hydrogen-bond donors (Lipinski definition) is 0. The molecule has 0 N–H and O–H groups in total. The van der Waals surface area contributed by atoms with Crippen LogP contribution in [0.1, 0.15) is 11.1 Å². The molecule has 0 nitrogen and oxygen atoms in total. The highest BCUT2D eigenvalue weighted by Crippen LogP contribution is 2.37. The Balaban J connectivity index is 1.18. The van der Waals surface area contributed by atoms with E-state index in [4.69, 9.17) is 0 Å². The van der Waals surface area contributed by atoms with Crippen molar-refractivity contribution in [2.45, 2.75) is 0 Å². The second kappa shape index (κ2) is 10.2. The van der Waals surface area contributed by atoms with Gasteiger partial charge in [0.2, 0.25) is 0 Å². The maximum Gasteiger partial charge on any atom is -0.00988 e. The molecule has 42 heavy (non-hydrogen) atoms. The van der Waals surface area contributed by atoms with Crippen molar-refractivity contribution in [1.82, 2.24) is 0 Å². The van der Waals surface area contributed by atoms with Gasteiger partial charge in [0, 0.05) is 0 Å². The molecular weight excluding hydrogens is 504 g/mol. The van der Waals surface area contributed by atoms with Gasteiger partial charge in [-0.1, -0.05) is 146 Å². The summed E-state index contributed by atoms with van der Waals surface area (Å²) in [7, 11) is 0.